The van der Waals surface area contributed by atoms with E-state index in [0.717, 1.165) is 10.8 Å². The van der Waals surface area contributed by atoms with Crippen LogP contribution < -0.4 is 0 Å². The maximum atomic E-state index is 11.7. The van der Waals surface area contributed by atoms with E-state index in [1.165, 1.54) is 0 Å². The molecule has 0 nitrogen and oxygen atoms in total. The van der Waals surface area contributed by atoms with E-state index in [1.807, 2.05) is 6.92 Å². The summed E-state index contributed by atoms with van der Waals surface area (Å²) in [6, 6.07) is 0. The molecule has 0 aliphatic rings. The fourth-order valence-electron chi connectivity index (χ4n) is 0.259. The standard InChI is InChI=1S/C5H10FI/c1-2-5(3-6)4-7/h5H,2-4H2,1H3. The van der Waals surface area contributed by atoms with Gasteiger partial charge in [0.15, 0.2) is 0 Å². The van der Waals surface area contributed by atoms with E-state index in [0.29, 0.717) is 5.92 Å². The molecule has 44 valence electrons. The van der Waals surface area contributed by atoms with Crippen LogP contribution in [0.1, 0.15) is 13.3 Å². The van der Waals surface area contributed by atoms with Crippen molar-refractivity contribution in [3.05, 3.63) is 0 Å². The quantitative estimate of drug-likeness (QED) is 0.502. The van der Waals surface area contributed by atoms with Crippen LogP contribution in [0.4, 0.5) is 4.39 Å². The predicted octanol–water partition coefficient (Wildman–Crippen LogP) is 2.42. The molecule has 0 rings (SSSR count). The van der Waals surface area contributed by atoms with E-state index < -0.39 is 0 Å². The molecule has 0 amide bonds. The Hall–Kier alpha value is 0.660. The van der Waals surface area contributed by atoms with Gasteiger partial charge in [-0.2, -0.15) is 0 Å². The molecule has 0 fully saturated rings. The molecule has 0 radical (unpaired) electrons. The highest BCUT2D eigenvalue weighted by Gasteiger charge is 1.99. The lowest BCUT2D eigenvalue weighted by Crippen LogP contribution is -2.00. The van der Waals surface area contributed by atoms with Crippen LogP contribution in [0.15, 0.2) is 0 Å². The zero-order valence-corrected chi connectivity index (χ0v) is 6.61. The van der Waals surface area contributed by atoms with Gasteiger partial charge in [-0.1, -0.05) is 35.9 Å². The molecule has 0 N–H and O–H groups in total. The maximum Gasteiger partial charge on any atom is 0.0929 e. The Bertz CT molecular complexity index is 29.6. The summed E-state index contributed by atoms with van der Waals surface area (Å²) in [5.74, 6) is 0.306. The third kappa shape index (κ3) is 3.26. The first-order valence-electron chi connectivity index (χ1n) is 2.47. The van der Waals surface area contributed by atoms with Crippen molar-refractivity contribution in [3.63, 3.8) is 0 Å². The molecule has 2 heteroatoms. The van der Waals surface area contributed by atoms with Crippen molar-refractivity contribution >= 4 is 22.6 Å². The van der Waals surface area contributed by atoms with Crippen LogP contribution in [0, 0.1) is 5.92 Å². The SMILES string of the molecule is CCC(CF)CI. The van der Waals surface area contributed by atoms with Crippen LogP contribution in [0.2, 0.25) is 0 Å². The van der Waals surface area contributed by atoms with E-state index >= 15 is 0 Å². The minimum atomic E-state index is -0.153. The Balaban J connectivity index is 2.99. The smallest absolute Gasteiger partial charge is 0.0929 e. The van der Waals surface area contributed by atoms with Crippen LogP contribution in [0.25, 0.3) is 0 Å². The lowest BCUT2D eigenvalue weighted by molar-refractivity contribution is 0.383. The van der Waals surface area contributed by atoms with Gasteiger partial charge in [-0.05, 0) is 5.92 Å². The molecule has 0 aromatic rings. The number of hydrogen-bond acceptors (Lipinski definition) is 0. The number of rotatable bonds is 3. The van der Waals surface area contributed by atoms with Gasteiger partial charge in [0.25, 0.3) is 0 Å². The Labute approximate surface area is 57.6 Å². The summed E-state index contributed by atoms with van der Waals surface area (Å²) in [6.45, 7) is 1.86. The zero-order chi connectivity index (χ0) is 5.70. The fourth-order valence-corrected chi connectivity index (χ4v) is 1.12. The second kappa shape index (κ2) is 4.81. The van der Waals surface area contributed by atoms with Crippen molar-refractivity contribution in [1.82, 2.24) is 0 Å². The molecule has 0 bridgehead atoms. The van der Waals surface area contributed by atoms with Crippen LogP contribution >= 0.6 is 22.6 Å². The van der Waals surface area contributed by atoms with Crippen molar-refractivity contribution in [2.24, 2.45) is 5.92 Å². The second-order valence-electron chi connectivity index (χ2n) is 1.58. The molecular formula is C5H10FI. The van der Waals surface area contributed by atoms with Gasteiger partial charge in [0.2, 0.25) is 0 Å². The Morgan fingerprint density at radius 2 is 2.29 bits per heavy atom. The lowest BCUT2D eigenvalue weighted by Gasteiger charge is -2.01. The Morgan fingerprint density at radius 3 is 2.29 bits per heavy atom. The average Bonchev–Trinajstić information content (AvgIpc) is 1.72. The van der Waals surface area contributed by atoms with Crippen molar-refractivity contribution < 1.29 is 4.39 Å². The zero-order valence-electron chi connectivity index (χ0n) is 4.45. The topological polar surface area (TPSA) is 0 Å². The molecule has 1 unspecified atom stereocenters. The summed E-state index contributed by atoms with van der Waals surface area (Å²) in [6.07, 6.45) is 0.972. The van der Waals surface area contributed by atoms with Crippen LogP contribution in [0.3, 0.4) is 0 Å². The Kier molecular flexibility index (Phi) is 5.26. The van der Waals surface area contributed by atoms with Crippen LogP contribution in [0.5, 0.6) is 0 Å². The monoisotopic (exact) mass is 216 g/mol. The molecular weight excluding hydrogens is 206 g/mol. The molecule has 0 aliphatic heterocycles. The largest absolute Gasteiger partial charge is 0.251 e. The Morgan fingerprint density at radius 1 is 1.71 bits per heavy atom. The van der Waals surface area contributed by atoms with Crippen LogP contribution in [-0.4, -0.2) is 11.1 Å². The van der Waals surface area contributed by atoms with Gasteiger partial charge < -0.3 is 0 Å². The van der Waals surface area contributed by atoms with Crippen molar-refractivity contribution in [1.29, 1.82) is 0 Å². The second-order valence-corrected chi connectivity index (χ2v) is 2.46. The molecule has 0 spiro atoms. The molecule has 0 aromatic heterocycles. The third-order valence-electron chi connectivity index (χ3n) is 1.01. The first-order valence-corrected chi connectivity index (χ1v) is 3.99. The summed E-state index contributed by atoms with van der Waals surface area (Å²) in [5, 5.41) is 0. The first kappa shape index (κ1) is 7.66. The summed E-state index contributed by atoms with van der Waals surface area (Å²) in [4.78, 5) is 0. The summed E-state index contributed by atoms with van der Waals surface area (Å²) < 4.78 is 12.6. The molecule has 1 atom stereocenters. The van der Waals surface area contributed by atoms with E-state index in [2.05, 4.69) is 22.6 Å². The van der Waals surface area contributed by atoms with Gasteiger partial charge in [0.05, 0.1) is 6.67 Å². The minimum Gasteiger partial charge on any atom is -0.251 e. The molecule has 0 saturated heterocycles. The third-order valence-corrected chi connectivity index (χ3v) is 2.26. The lowest BCUT2D eigenvalue weighted by atomic mass is 10.1. The van der Waals surface area contributed by atoms with E-state index in [-0.39, 0.29) is 6.67 Å². The normalized spacial score (nSPS) is 14.1. The highest BCUT2D eigenvalue weighted by molar-refractivity contribution is 14.1. The molecule has 0 heterocycles. The molecule has 0 aromatic carbocycles. The van der Waals surface area contributed by atoms with Crippen LogP contribution in [-0.2, 0) is 0 Å². The molecule has 7 heavy (non-hydrogen) atoms. The fraction of sp³-hybridized carbons (Fsp3) is 1.00. The van der Waals surface area contributed by atoms with E-state index in [9.17, 15) is 4.39 Å². The van der Waals surface area contributed by atoms with Crippen molar-refractivity contribution in [2.45, 2.75) is 13.3 Å². The highest BCUT2D eigenvalue weighted by atomic mass is 127. The first-order chi connectivity index (χ1) is 3.35. The van der Waals surface area contributed by atoms with Gasteiger partial charge in [0.1, 0.15) is 0 Å². The number of hydrogen-bond donors (Lipinski definition) is 0. The number of halogens is 2. The van der Waals surface area contributed by atoms with Gasteiger partial charge in [0, 0.05) is 4.43 Å². The maximum absolute atomic E-state index is 11.7. The molecule has 0 aliphatic carbocycles. The summed E-state index contributed by atoms with van der Waals surface area (Å²) in [7, 11) is 0. The predicted molar refractivity (Wildman–Crippen MR) is 38.6 cm³/mol. The van der Waals surface area contributed by atoms with Crippen molar-refractivity contribution in [2.75, 3.05) is 11.1 Å². The van der Waals surface area contributed by atoms with Gasteiger partial charge in [-0.15, -0.1) is 0 Å². The van der Waals surface area contributed by atoms with Crippen molar-refractivity contribution in [3.8, 4) is 0 Å². The number of alkyl halides is 2. The van der Waals surface area contributed by atoms with E-state index in [4.69, 9.17) is 0 Å². The minimum absolute atomic E-state index is 0.153. The summed E-state index contributed by atoms with van der Waals surface area (Å²) in [5.41, 5.74) is 0. The molecule has 0 saturated carbocycles. The van der Waals surface area contributed by atoms with Gasteiger partial charge in [-0.3, -0.25) is 4.39 Å². The average molecular weight is 216 g/mol. The van der Waals surface area contributed by atoms with Gasteiger partial charge in [-0.25, -0.2) is 0 Å². The van der Waals surface area contributed by atoms with Gasteiger partial charge >= 0.3 is 0 Å². The van der Waals surface area contributed by atoms with E-state index in [1.54, 1.807) is 0 Å². The highest BCUT2D eigenvalue weighted by Crippen LogP contribution is 2.05. The summed E-state index contributed by atoms with van der Waals surface area (Å²) >= 11 is 2.21.